The molecule has 4 heteroatoms. The molecule has 1 heterocycles. The molecule has 0 aliphatic carbocycles. The van der Waals surface area contributed by atoms with Crippen molar-refractivity contribution in [3.63, 3.8) is 0 Å². The third-order valence-electron chi connectivity index (χ3n) is 3.76. The van der Waals surface area contributed by atoms with E-state index >= 15 is 0 Å². The van der Waals surface area contributed by atoms with Crippen LogP contribution in [0.4, 0.5) is 4.39 Å². The predicted molar refractivity (Wildman–Crippen MR) is 72.7 cm³/mol. The molecule has 1 saturated heterocycles. The maximum atomic E-state index is 13.2. The normalized spacial score (nSPS) is 17.5. The van der Waals surface area contributed by atoms with Crippen molar-refractivity contribution >= 4 is 0 Å². The van der Waals surface area contributed by atoms with Crippen molar-refractivity contribution in [3.05, 3.63) is 35.1 Å². The molecule has 0 amide bonds. The molecule has 0 atom stereocenters. The molecule has 1 fully saturated rings. The molecule has 2 rings (SSSR count). The average Bonchev–Trinajstić information content (AvgIpc) is 2.35. The van der Waals surface area contributed by atoms with Crippen molar-refractivity contribution in [1.82, 2.24) is 4.90 Å². The molecular weight excluding hydrogens is 245 g/mol. The highest BCUT2D eigenvalue weighted by atomic mass is 19.1. The van der Waals surface area contributed by atoms with Crippen molar-refractivity contribution < 1.29 is 14.2 Å². The second kappa shape index (κ2) is 5.99. The van der Waals surface area contributed by atoms with Gasteiger partial charge in [-0.15, -0.1) is 0 Å². The maximum absolute atomic E-state index is 13.2. The fourth-order valence-electron chi connectivity index (χ4n) is 2.46. The number of aliphatic hydroxyl groups excluding tert-OH is 1. The van der Waals surface area contributed by atoms with E-state index in [1.807, 2.05) is 19.2 Å². The number of ether oxygens (including phenoxy) is 1. The van der Waals surface area contributed by atoms with E-state index in [2.05, 4.69) is 4.90 Å². The average molecular weight is 267 g/mol. The number of hydrogen-bond donors (Lipinski definition) is 1. The topological polar surface area (TPSA) is 32.7 Å². The fraction of sp³-hybridized carbons (Fsp3) is 0.600. The van der Waals surface area contributed by atoms with Gasteiger partial charge in [-0.3, -0.25) is 0 Å². The van der Waals surface area contributed by atoms with Crippen LogP contribution >= 0.6 is 0 Å². The monoisotopic (exact) mass is 267 g/mol. The van der Waals surface area contributed by atoms with Crippen LogP contribution in [-0.4, -0.2) is 50.0 Å². The molecule has 0 unspecified atom stereocenters. The standard InChI is InChI=1S/C15H22FNO2/c1-12-7-13(3-4-14(12)16)5-6-17(2)8-15(9-18)10-19-11-15/h3-4,7,18H,5-6,8-11H2,1-2H3. The van der Waals surface area contributed by atoms with Crippen LogP contribution in [0.15, 0.2) is 18.2 Å². The van der Waals surface area contributed by atoms with Gasteiger partial charge in [0, 0.05) is 13.1 Å². The van der Waals surface area contributed by atoms with Crippen LogP contribution in [0.2, 0.25) is 0 Å². The first-order chi connectivity index (χ1) is 9.04. The largest absolute Gasteiger partial charge is 0.396 e. The molecule has 19 heavy (non-hydrogen) atoms. The van der Waals surface area contributed by atoms with E-state index in [1.54, 1.807) is 6.92 Å². The predicted octanol–water partition coefficient (Wildman–Crippen LogP) is 1.62. The quantitative estimate of drug-likeness (QED) is 0.850. The van der Waals surface area contributed by atoms with Gasteiger partial charge in [-0.05, 0) is 37.6 Å². The molecule has 0 bridgehead atoms. The number of aryl methyl sites for hydroxylation is 1. The minimum Gasteiger partial charge on any atom is -0.396 e. The van der Waals surface area contributed by atoms with Crippen LogP contribution in [0, 0.1) is 18.2 Å². The zero-order valence-corrected chi connectivity index (χ0v) is 11.7. The maximum Gasteiger partial charge on any atom is 0.126 e. The number of aliphatic hydroxyl groups is 1. The van der Waals surface area contributed by atoms with Gasteiger partial charge < -0.3 is 14.7 Å². The van der Waals surface area contributed by atoms with Gasteiger partial charge >= 0.3 is 0 Å². The lowest BCUT2D eigenvalue weighted by Gasteiger charge is -2.42. The third-order valence-corrected chi connectivity index (χ3v) is 3.76. The Hall–Kier alpha value is -0.970. The summed E-state index contributed by atoms with van der Waals surface area (Å²) in [7, 11) is 2.05. The van der Waals surface area contributed by atoms with E-state index < -0.39 is 0 Å². The summed E-state index contributed by atoms with van der Waals surface area (Å²) >= 11 is 0. The van der Waals surface area contributed by atoms with Crippen molar-refractivity contribution in [3.8, 4) is 0 Å². The highest BCUT2D eigenvalue weighted by molar-refractivity contribution is 5.24. The number of benzene rings is 1. The van der Waals surface area contributed by atoms with E-state index in [9.17, 15) is 9.50 Å². The first kappa shape index (κ1) is 14.4. The van der Waals surface area contributed by atoms with E-state index in [0.29, 0.717) is 18.8 Å². The Kier molecular flexibility index (Phi) is 4.55. The molecule has 1 N–H and O–H groups in total. The Labute approximate surface area is 114 Å². The van der Waals surface area contributed by atoms with Gasteiger partial charge in [0.2, 0.25) is 0 Å². The molecule has 1 aromatic rings. The highest BCUT2D eigenvalue weighted by Crippen LogP contribution is 2.27. The molecule has 1 aliphatic rings. The SMILES string of the molecule is Cc1cc(CCN(C)CC2(CO)COC2)ccc1F. The van der Waals surface area contributed by atoms with Gasteiger partial charge in [0.05, 0.1) is 25.2 Å². The molecule has 1 aliphatic heterocycles. The molecule has 106 valence electrons. The molecule has 1 aromatic carbocycles. The minimum atomic E-state index is -0.150. The first-order valence-electron chi connectivity index (χ1n) is 6.67. The second-order valence-corrected chi connectivity index (χ2v) is 5.72. The summed E-state index contributed by atoms with van der Waals surface area (Å²) in [5.74, 6) is -0.150. The van der Waals surface area contributed by atoms with E-state index in [-0.39, 0.29) is 17.8 Å². The molecule has 0 aromatic heterocycles. The minimum absolute atomic E-state index is 0.0759. The van der Waals surface area contributed by atoms with E-state index in [0.717, 1.165) is 25.1 Å². The van der Waals surface area contributed by atoms with Crippen molar-refractivity contribution in [2.24, 2.45) is 5.41 Å². The Morgan fingerprint density at radius 3 is 2.68 bits per heavy atom. The van der Waals surface area contributed by atoms with Crippen LogP contribution < -0.4 is 0 Å². The van der Waals surface area contributed by atoms with Crippen LogP contribution in [-0.2, 0) is 11.2 Å². The summed E-state index contributed by atoms with van der Waals surface area (Å²) in [6, 6.07) is 5.27. The first-order valence-corrected chi connectivity index (χ1v) is 6.67. The fourth-order valence-corrected chi connectivity index (χ4v) is 2.46. The van der Waals surface area contributed by atoms with Crippen molar-refractivity contribution in [2.75, 3.05) is 40.0 Å². The number of rotatable bonds is 6. The number of halogens is 1. The van der Waals surface area contributed by atoms with Crippen molar-refractivity contribution in [1.29, 1.82) is 0 Å². The summed E-state index contributed by atoms with van der Waals surface area (Å²) in [6.07, 6.45) is 0.889. The summed E-state index contributed by atoms with van der Waals surface area (Å²) in [5.41, 5.74) is 1.76. The van der Waals surface area contributed by atoms with Crippen LogP contribution in [0.5, 0.6) is 0 Å². The number of nitrogens with zero attached hydrogens (tertiary/aromatic N) is 1. The highest BCUT2D eigenvalue weighted by Gasteiger charge is 2.38. The smallest absolute Gasteiger partial charge is 0.126 e. The van der Waals surface area contributed by atoms with Gasteiger partial charge in [0.1, 0.15) is 5.82 Å². The number of hydrogen-bond acceptors (Lipinski definition) is 3. The van der Waals surface area contributed by atoms with Crippen molar-refractivity contribution in [2.45, 2.75) is 13.3 Å². The Morgan fingerprint density at radius 2 is 2.16 bits per heavy atom. The Balaban J connectivity index is 1.82. The summed E-state index contributed by atoms with van der Waals surface area (Å²) in [6.45, 7) is 4.98. The van der Waals surface area contributed by atoms with Gasteiger partial charge in [-0.2, -0.15) is 0 Å². The Bertz CT molecular complexity index is 427. The lowest BCUT2D eigenvalue weighted by atomic mass is 9.86. The lowest BCUT2D eigenvalue weighted by molar-refractivity contribution is -0.146. The zero-order chi connectivity index (χ0) is 13.9. The summed E-state index contributed by atoms with van der Waals surface area (Å²) in [4.78, 5) is 2.21. The molecule has 0 saturated carbocycles. The summed E-state index contributed by atoms with van der Waals surface area (Å²) < 4.78 is 18.4. The van der Waals surface area contributed by atoms with E-state index in [1.165, 1.54) is 6.07 Å². The zero-order valence-electron chi connectivity index (χ0n) is 11.7. The van der Waals surface area contributed by atoms with Gasteiger partial charge in [0.15, 0.2) is 0 Å². The van der Waals surface area contributed by atoms with Crippen LogP contribution in [0.1, 0.15) is 11.1 Å². The lowest BCUT2D eigenvalue weighted by Crippen LogP contribution is -2.52. The number of likely N-dealkylation sites (N-methyl/N-ethyl adjacent to an activating group) is 1. The second-order valence-electron chi connectivity index (χ2n) is 5.72. The molecule has 0 radical (unpaired) electrons. The molecular formula is C15H22FNO2. The van der Waals surface area contributed by atoms with Gasteiger partial charge in [-0.1, -0.05) is 12.1 Å². The molecule has 3 nitrogen and oxygen atoms in total. The molecule has 0 spiro atoms. The van der Waals surface area contributed by atoms with Crippen LogP contribution in [0.3, 0.4) is 0 Å². The van der Waals surface area contributed by atoms with Gasteiger partial charge in [-0.25, -0.2) is 4.39 Å². The van der Waals surface area contributed by atoms with Gasteiger partial charge in [0.25, 0.3) is 0 Å². The Morgan fingerprint density at radius 1 is 1.42 bits per heavy atom. The van der Waals surface area contributed by atoms with E-state index in [4.69, 9.17) is 4.74 Å². The van der Waals surface area contributed by atoms with Crippen LogP contribution in [0.25, 0.3) is 0 Å². The summed E-state index contributed by atoms with van der Waals surface area (Å²) in [5, 5.41) is 9.39. The third kappa shape index (κ3) is 3.53.